The van der Waals surface area contributed by atoms with Gasteiger partial charge in [0.25, 0.3) is 0 Å². The highest BCUT2D eigenvalue weighted by molar-refractivity contribution is 5.76. The Kier molecular flexibility index (Phi) is 2.83. The van der Waals surface area contributed by atoms with E-state index in [9.17, 15) is 5.11 Å². The van der Waals surface area contributed by atoms with E-state index in [0.717, 1.165) is 22.5 Å². The van der Waals surface area contributed by atoms with Gasteiger partial charge in [-0.1, -0.05) is 17.7 Å². The number of aromatic hydroxyl groups is 1. The summed E-state index contributed by atoms with van der Waals surface area (Å²) in [6, 6.07) is 13.3. The lowest BCUT2D eigenvalue weighted by Crippen LogP contribution is -2.00. The Morgan fingerprint density at radius 1 is 1.16 bits per heavy atom. The first-order valence-corrected chi connectivity index (χ1v) is 6.19. The summed E-state index contributed by atoms with van der Waals surface area (Å²) in [5.41, 5.74) is 4.01. The van der Waals surface area contributed by atoms with Gasteiger partial charge in [0, 0.05) is 11.8 Å². The molecule has 0 spiro atoms. The highest BCUT2D eigenvalue weighted by Gasteiger charge is 2.03. The molecule has 19 heavy (non-hydrogen) atoms. The van der Waals surface area contributed by atoms with Gasteiger partial charge in [-0.3, -0.25) is 0 Å². The molecule has 96 valence electrons. The first-order valence-electron chi connectivity index (χ1n) is 6.19. The van der Waals surface area contributed by atoms with Crippen LogP contribution in [0.15, 0.2) is 42.5 Å². The maximum Gasteiger partial charge on any atom is 0.126 e. The summed E-state index contributed by atoms with van der Waals surface area (Å²) in [5.74, 6) is 1.09. The third-order valence-electron chi connectivity index (χ3n) is 3.03. The molecule has 0 saturated carbocycles. The first-order chi connectivity index (χ1) is 9.20. The molecule has 0 unspecified atom stereocenters. The second-order valence-electron chi connectivity index (χ2n) is 4.60. The zero-order chi connectivity index (χ0) is 13.2. The Morgan fingerprint density at radius 2 is 1.95 bits per heavy atom. The van der Waals surface area contributed by atoms with E-state index in [-0.39, 0.29) is 5.75 Å². The summed E-state index contributed by atoms with van der Waals surface area (Å²) < 4.78 is 0. The zero-order valence-electron chi connectivity index (χ0n) is 10.6. The number of anilines is 1. The molecule has 0 radical (unpaired) electrons. The minimum Gasteiger partial charge on any atom is -0.508 e. The van der Waals surface area contributed by atoms with Crippen LogP contribution in [0, 0.1) is 6.92 Å². The van der Waals surface area contributed by atoms with E-state index >= 15 is 0 Å². The fraction of sp³-hybridized carbons (Fsp3) is 0.133. The van der Waals surface area contributed by atoms with Crippen LogP contribution in [0.2, 0.25) is 0 Å². The average Bonchev–Trinajstić information content (AvgIpc) is 2.80. The summed E-state index contributed by atoms with van der Waals surface area (Å²) in [6.07, 6.45) is 0. The lowest BCUT2D eigenvalue weighted by Gasteiger charge is -2.04. The van der Waals surface area contributed by atoms with Gasteiger partial charge in [-0.05, 0) is 31.2 Å². The van der Waals surface area contributed by atoms with Crippen molar-refractivity contribution in [3.63, 3.8) is 0 Å². The smallest absolute Gasteiger partial charge is 0.126 e. The van der Waals surface area contributed by atoms with Gasteiger partial charge in [0.2, 0.25) is 0 Å². The number of H-pyrrole nitrogens is 1. The SMILES string of the molecule is Cc1ccc(NCc2nc3ccc(O)cc3[nH]2)cc1. The molecule has 0 atom stereocenters. The van der Waals surface area contributed by atoms with Gasteiger partial charge in [0.05, 0.1) is 17.6 Å². The highest BCUT2D eigenvalue weighted by atomic mass is 16.3. The first kappa shape index (κ1) is 11.6. The van der Waals surface area contributed by atoms with Gasteiger partial charge in [0.1, 0.15) is 11.6 Å². The van der Waals surface area contributed by atoms with E-state index in [1.807, 2.05) is 12.1 Å². The molecular formula is C15H15N3O. The van der Waals surface area contributed by atoms with E-state index in [2.05, 4.69) is 34.3 Å². The van der Waals surface area contributed by atoms with Crippen LogP contribution in [-0.2, 0) is 6.54 Å². The molecule has 2 aromatic carbocycles. The van der Waals surface area contributed by atoms with Gasteiger partial charge in [0.15, 0.2) is 0 Å². The number of aromatic nitrogens is 2. The number of phenols is 1. The number of nitrogens with zero attached hydrogens (tertiary/aromatic N) is 1. The fourth-order valence-corrected chi connectivity index (χ4v) is 1.99. The number of aromatic amines is 1. The monoisotopic (exact) mass is 253 g/mol. The van der Waals surface area contributed by atoms with Crippen LogP contribution in [0.5, 0.6) is 5.75 Å². The fourth-order valence-electron chi connectivity index (χ4n) is 1.99. The van der Waals surface area contributed by atoms with Crippen molar-refractivity contribution >= 4 is 16.7 Å². The number of benzene rings is 2. The molecule has 1 aromatic heterocycles. The summed E-state index contributed by atoms with van der Waals surface area (Å²) in [5, 5.41) is 12.7. The topological polar surface area (TPSA) is 60.9 Å². The van der Waals surface area contributed by atoms with Gasteiger partial charge < -0.3 is 15.4 Å². The maximum absolute atomic E-state index is 9.41. The van der Waals surface area contributed by atoms with Crippen molar-refractivity contribution in [3.8, 4) is 5.75 Å². The van der Waals surface area contributed by atoms with Crippen molar-refractivity contribution in [1.29, 1.82) is 0 Å². The van der Waals surface area contributed by atoms with E-state index in [1.165, 1.54) is 5.56 Å². The van der Waals surface area contributed by atoms with Gasteiger partial charge in [-0.15, -0.1) is 0 Å². The van der Waals surface area contributed by atoms with Gasteiger partial charge in [-0.2, -0.15) is 0 Å². The Morgan fingerprint density at radius 3 is 2.74 bits per heavy atom. The quantitative estimate of drug-likeness (QED) is 0.671. The molecule has 0 aliphatic rings. The second kappa shape index (κ2) is 4.65. The molecule has 0 aliphatic carbocycles. The normalized spacial score (nSPS) is 10.8. The van der Waals surface area contributed by atoms with Crippen molar-refractivity contribution in [3.05, 3.63) is 53.9 Å². The highest BCUT2D eigenvalue weighted by Crippen LogP contribution is 2.18. The summed E-state index contributed by atoms with van der Waals surface area (Å²) in [7, 11) is 0. The molecule has 3 N–H and O–H groups in total. The standard InChI is InChI=1S/C15H15N3O/c1-10-2-4-11(5-3-10)16-9-15-17-13-7-6-12(19)8-14(13)18-15/h2-8,16,19H,9H2,1H3,(H,17,18). The number of hydrogen-bond donors (Lipinski definition) is 3. The van der Waals surface area contributed by atoms with Crippen LogP contribution in [0.1, 0.15) is 11.4 Å². The van der Waals surface area contributed by atoms with Crippen LogP contribution in [0.25, 0.3) is 11.0 Å². The van der Waals surface area contributed by atoms with E-state index in [0.29, 0.717) is 6.54 Å². The maximum atomic E-state index is 9.41. The Labute approximate surface area is 111 Å². The molecule has 0 aliphatic heterocycles. The number of phenolic OH excluding ortho intramolecular Hbond substituents is 1. The van der Waals surface area contributed by atoms with Crippen LogP contribution in [-0.4, -0.2) is 15.1 Å². The summed E-state index contributed by atoms with van der Waals surface area (Å²) in [4.78, 5) is 7.64. The van der Waals surface area contributed by atoms with Crippen LogP contribution in [0.4, 0.5) is 5.69 Å². The molecule has 1 heterocycles. The van der Waals surface area contributed by atoms with Gasteiger partial charge in [-0.25, -0.2) is 4.98 Å². The minimum absolute atomic E-state index is 0.245. The van der Waals surface area contributed by atoms with Crippen molar-refractivity contribution in [2.75, 3.05) is 5.32 Å². The molecule has 4 nitrogen and oxygen atoms in total. The van der Waals surface area contributed by atoms with Crippen LogP contribution in [0.3, 0.4) is 0 Å². The van der Waals surface area contributed by atoms with E-state index < -0.39 is 0 Å². The van der Waals surface area contributed by atoms with Crippen molar-refractivity contribution in [2.24, 2.45) is 0 Å². The third kappa shape index (κ3) is 2.52. The molecule has 0 fully saturated rings. The molecule has 3 rings (SSSR count). The number of rotatable bonds is 3. The van der Waals surface area contributed by atoms with Crippen molar-refractivity contribution in [2.45, 2.75) is 13.5 Å². The van der Waals surface area contributed by atoms with Crippen LogP contribution >= 0.6 is 0 Å². The largest absolute Gasteiger partial charge is 0.508 e. The Bertz CT molecular complexity index is 701. The summed E-state index contributed by atoms with van der Waals surface area (Å²) in [6.45, 7) is 2.69. The zero-order valence-corrected chi connectivity index (χ0v) is 10.6. The van der Waals surface area contributed by atoms with Gasteiger partial charge >= 0.3 is 0 Å². The van der Waals surface area contributed by atoms with E-state index in [4.69, 9.17) is 0 Å². The number of fused-ring (bicyclic) bond motifs is 1. The summed E-state index contributed by atoms with van der Waals surface area (Å²) >= 11 is 0. The number of nitrogens with one attached hydrogen (secondary N) is 2. The molecule has 0 amide bonds. The second-order valence-corrected chi connectivity index (χ2v) is 4.60. The molecule has 3 aromatic rings. The number of hydrogen-bond acceptors (Lipinski definition) is 3. The lowest BCUT2D eigenvalue weighted by atomic mass is 10.2. The van der Waals surface area contributed by atoms with Crippen LogP contribution < -0.4 is 5.32 Å². The average molecular weight is 253 g/mol. The lowest BCUT2D eigenvalue weighted by molar-refractivity contribution is 0.476. The predicted octanol–water partition coefficient (Wildman–Crippen LogP) is 3.19. The van der Waals surface area contributed by atoms with Crippen molar-refractivity contribution < 1.29 is 5.11 Å². The third-order valence-corrected chi connectivity index (χ3v) is 3.03. The molecular weight excluding hydrogens is 238 g/mol. The molecule has 0 saturated heterocycles. The molecule has 0 bridgehead atoms. The Hall–Kier alpha value is -2.49. The Balaban J connectivity index is 1.76. The minimum atomic E-state index is 0.245. The van der Waals surface area contributed by atoms with Crippen molar-refractivity contribution in [1.82, 2.24) is 9.97 Å². The van der Waals surface area contributed by atoms with E-state index in [1.54, 1.807) is 18.2 Å². The predicted molar refractivity (Wildman–Crippen MR) is 76.3 cm³/mol. The number of imidazole rings is 1. The molecule has 4 heteroatoms. The number of aryl methyl sites for hydroxylation is 1.